The molecule has 0 bridgehead atoms. The maximum absolute atomic E-state index is 13.3. The highest BCUT2D eigenvalue weighted by Gasteiger charge is 2.29. The number of aromatic nitrogens is 1. The van der Waals surface area contributed by atoms with E-state index in [9.17, 15) is 8.42 Å². The van der Waals surface area contributed by atoms with Crippen LogP contribution in [0.4, 0.5) is 5.69 Å². The van der Waals surface area contributed by atoms with Crippen LogP contribution in [0.2, 0.25) is 5.02 Å². The number of sulfonamides is 1. The molecule has 29 heavy (non-hydrogen) atoms. The lowest BCUT2D eigenvalue weighted by Crippen LogP contribution is -2.33. The minimum absolute atomic E-state index is 0.178. The smallest absolute Gasteiger partial charge is 0.264 e. The summed E-state index contributed by atoms with van der Waals surface area (Å²) in [6.07, 6.45) is 3.73. The van der Waals surface area contributed by atoms with E-state index in [0.717, 1.165) is 22.4 Å². The minimum Gasteiger partial charge on any atom is -0.496 e. The zero-order valence-corrected chi connectivity index (χ0v) is 17.7. The molecule has 0 amide bonds. The molecule has 0 unspecified atom stereocenters. The van der Waals surface area contributed by atoms with Gasteiger partial charge in [0.1, 0.15) is 11.5 Å². The molecule has 0 atom stereocenters. The second-order valence-electron chi connectivity index (χ2n) is 6.70. The lowest BCUT2D eigenvalue weighted by atomic mass is 9.98. The first-order valence-corrected chi connectivity index (χ1v) is 10.7. The third kappa shape index (κ3) is 3.30. The Balaban J connectivity index is 1.87. The molecule has 0 fully saturated rings. The van der Waals surface area contributed by atoms with Crippen molar-refractivity contribution in [3.63, 3.8) is 0 Å². The van der Waals surface area contributed by atoms with Gasteiger partial charge in [-0.2, -0.15) is 0 Å². The number of nitrogens with zero attached hydrogens (tertiary/aromatic N) is 2. The van der Waals surface area contributed by atoms with Crippen molar-refractivity contribution in [3.05, 3.63) is 64.5 Å². The largest absolute Gasteiger partial charge is 0.496 e. The van der Waals surface area contributed by atoms with Crippen molar-refractivity contribution in [2.75, 3.05) is 18.0 Å². The number of ether oxygens (including phenoxy) is 1. The Kier molecular flexibility index (Phi) is 4.88. The number of hydrogen-bond acceptors (Lipinski definition) is 5. The van der Waals surface area contributed by atoms with E-state index in [4.69, 9.17) is 20.9 Å². The number of fused-ring (bicyclic) bond motifs is 1. The quantitative estimate of drug-likeness (QED) is 0.592. The van der Waals surface area contributed by atoms with Crippen molar-refractivity contribution >= 4 is 33.4 Å². The second-order valence-corrected chi connectivity index (χ2v) is 9.00. The lowest BCUT2D eigenvalue weighted by Gasteiger charge is -2.28. The van der Waals surface area contributed by atoms with Gasteiger partial charge in [0, 0.05) is 16.7 Å². The van der Waals surface area contributed by atoms with Crippen molar-refractivity contribution in [1.29, 1.82) is 0 Å². The Morgan fingerprint density at radius 2 is 1.90 bits per heavy atom. The van der Waals surface area contributed by atoms with E-state index in [-0.39, 0.29) is 11.4 Å². The molecule has 6 nitrogen and oxygen atoms in total. The van der Waals surface area contributed by atoms with Crippen molar-refractivity contribution in [2.24, 2.45) is 0 Å². The van der Waals surface area contributed by atoms with Gasteiger partial charge in [-0.1, -0.05) is 28.9 Å². The number of rotatable bonds is 4. The molecule has 0 spiro atoms. The summed E-state index contributed by atoms with van der Waals surface area (Å²) in [7, 11) is -2.21. The minimum atomic E-state index is -3.76. The standard InChI is InChI=1S/C21H19ClN2O4S/c1-13-21(14(2)28-23-13)18-11-15-5-4-10-24(19(15)12-20(18)27-3)29(25,26)17-8-6-16(22)7-9-17/h4-9,11-12H,10H2,1-3H3. The van der Waals surface area contributed by atoms with Gasteiger partial charge < -0.3 is 9.26 Å². The van der Waals surface area contributed by atoms with Gasteiger partial charge in [-0.25, -0.2) is 8.42 Å². The summed E-state index contributed by atoms with van der Waals surface area (Å²) in [4.78, 5) is 0.178. The highest BCUT2D eigenvalue weighted by molar-refractivity contribution is 7.92. The molecule has 0 saturated heterocycles. The fourth-order valence-corrected chi connectivity index (χ4v) is 5.06. The van der Waals surface area contributed by atoms with Crippen LogP contribution in [0.15, 0.2) is 51.9 Å². The first-order chi connectivity index (χ1) is 13.8. The van der Waals surface area contributed by atoms with Crippen LogP contribution in [0.3, 0.4) is 0 Å². The molecule has 0 saturated carbocycles. The van der Waals surface area contributed by atoms with Gasteiger partial charge in [-0.05, 0) is 49.7 Å². The predicted octanol–water partition coefficient (Wildman–Crippen LogP) is 4.84. The van der Waals surface area contributed by atoms with Crippen LogP contribution >= 0.6 is 11.6 Å². The normalized spacial score (nSPS) is 13.4. The number of halogens is 1. The molecular formula is C21H19ClN2O4S. The molecule has 2 aromatic carbocycles. The molecular weight excluding hydrogens is 412 g/mol. The van der Waals surface area contributed by atoms with Gasteiger partial charge in [0.2, 0.25) is 0 Å². The molecule has 0 radical (unpaired) electrons. The summed E-state index contributed by atoms with van der Waals surface area (Å²) >= 11 is 5.91. The Morgan fingerprint density at radius 1 is 1.17 bits per heavy atom. The van der Waals surface area contributed by atoms with Crippen molar-refractivity contribution < 1.29 is 17.7 Å². The SMILES string of the molecule is COc1cc2c(cc1-c1c(C)noc1C)C=CCN2S(=O)(=O)c1ccc(Cl)cc1. The molecule has 0 aliphatic carbocycles. The summed E-state index contributed by atoms with van der Waals surface area (Å²) in [5, 5.41) is 4.50. The fourth-order valence-electron chi connectivity index (χ4n) is 3.50. The highest BCUT2D eigenvalue weighted by atomic mass is 35.5. The summed E-state index contributed by atoms with van der Waals surface area (Å²) in [6, 6.07) is 9.79. The summed E-state index contributed by atoms with van der Waals surface area (Å²) < 4.78 is 38.8. The van der Waals surface area contributed by atoms with Gasteiger partial charge in [0.05, 0.1) is 35.5 Å². The summed E-state index contributed by atoms with van der Waals surface area (Å²) in [5.41, 5.74) is 3.71. The Morgan fingerprint density at radius 3 is 2.52 bits per heavy atom. The van der Waals surface area contributed by atoms with E-state index in [0.29, 0.717) is 22.2 Å². The number of methoxy groups -OCH3 is 1. The molecule has 1 aliphatic rings. The first-order valence-electron chi connectivity index (χ1n) is 8.93. The number of aryl methyl sites for hydroxylation is 2. The van der Waals surface area contributed by atoms with Gasteiger partial charge in [-0.15, -0.1) is 0 Å². The molecule has 0 N–H and O–H groups in total. The molecule has 150 valence electrons. The fraction of sp³-hybridized carbons (Fsp3) is 0.190. The van der Waals surface area contributed by atoms with Crippen molar-refractivity contribution in [1.82, 2.24) is 5.16 Å². The van der Waals surface area contributed by atoms with E-state index in [1.807, 2.05) is 32.1 Å². The molecule has 4 rings (SSSR count). The zero-order chi connectivity index (χ0) is 20.8. The topological polar surface area (TPSA) is 72.6 Å². The molecule has 1 aliphatic heterocycles. The van der Waals surface area contributed by atoms with E-state index in [2.05, 4.69) is 5.16 Å². The Bertz CT molecular complexity index is 1190. The third-order valence-electron chi connectivity index (χ3n) is 4.89. The van der Waals surface area contributed by atoms with Gasteiger partial charge >= 0.3 is 0 Å². The summed E-state index contributed by atoms with van der Waals surface area (Å²) in [5.74, 6) is 1.22. The predicted molar refractivity (Wildman–Crippen MR) is 113 cm³/mol. The maximum Gasteiger partial charge on any atom is 0.264 e. The van der Waals surface area contributed by atoms with Crippen molar-refractivity contribution in [3.8, 4) is 16.9 Å². The third-order valence-corrected chi connectivity index (χ3v) is 6.94. The summed E-state index contributed by atoms with van der Waals surface area (Å²) in [6.45, 7) is 3.92. The van der Waals surface area contributed by atoms with Gasteiger partial charge in [0.25, 0.3) is 10.0 Å². The maximum atomic E-state index is 13.3. The zero-order valence-electron chi connectivity index (χ0n) is 16.1. The molecule has 3 aromatic rings. The monoisotopic (exact) mass is 430 g/mol. The van der Waals surface area contributed by atoms with E-state index < -0.39 is 10.0 Å². The van der Waals surface area contributed by atoms with Crippen LogP contribution in [0.25, 0.3) is 17.2 Å². The Labute approximate surface area is 174 Å². The van der Waals surface area contributed by atoms with E-state index >= 15 is 0 Å². The van der Waals surface area contributed by atoms with E-state index in [1.54, 1.807) is 25.3 Å². The lowest BCUT2D eigenvalue weighted by molar-refractivity contribution is 0.393. The molecule has 1 aromatic heterocycles. The Hall–Kier alpha value is -2.77. The number of hydrogen-bond donors (Lipinski definition) is 0. The van der Waals surface area contributed by atoms with Crippen LogP contribution in [-0.2, 0) is 10.0 Å². The van der Waals surface area contributed by atoms with Crippen LogP contribution in [0, 0.1) is 13.8 Å². The van der Waals surface area contributed by atoms with Crippen LogP contribution < -0.4 is 9.04 Å². The van der Waals surface area contributed by atoms with Crippen LogP contribution in [0.1, 0.15) is 17.0 Å². The van der Waals surface area contributed by atoms with Crippen LogP contribution in [0.5, 0.6) is 5.75 Å². The average Bonchev–Trinajstić information content (AvgIpc) is 3.04. The van der Waals surface area contributed by atoms with Crippen molar-refractivity contribution in [2.45, 2.75) is 18.7 Å². The number of anilines is 1. The van der Waals surface area contributed by atoms with Gasteiger partial charge in [0.15, 0.2) is 0 Å². The molecule has 8 heteroatoms. The number of benzene rings is 2. The van der Waals surface area contributed by atoms with Gasteiger partial charge in [-0.3, -0.25) is 4.31 Å². The van der Waals surface area contributed by atoms with Crippen LogP contribution in [-0.4, -0.2) is 27.2 Å². The van der Waals surface area contributed by atoms with E-state index in [1.165, 1.54) is 16.4 Å². The highest BCUT2D eigenvalue weighted by Crippen LogP contribution is 2.42. The average molecular weight is 431 g/mol. The first kappa shape index (κ1) is 19.5. The second kappa shape index (κ2) is 7.24. The molecule has 2 heterocycles.